The average molecular weight is 397 g/mol. The van der Waals surface area contributed by atoms with Gasteiger partial charge in [-0.3, -0.25) is 9.59 Å². The molecular formula is C21H11N5O4. The zero-order valence-electron chi connectivity index (χ0n) is 15.5. The number of fused-ring (bicyclic) bond motifs is 1. The number of imide groups is 1. The molecule has 0 radical (unpaired) electrons. The van der Waals surface area contributed by atoms with E-state index < -0.39 is 23.4 Å². The maximum Gasteiger partial charge on any atom is 0.337 e. The lowest BCUT2D eigenvalue weighted by molar-refractivity contribution is 0.0600. The predicted octanol–water partition coefficient (Wildman–Crippen LogP) is 2.51. The molecule has 1 aliphatic heterocycles. The zero-order chi connectivity index (χ0) is 21.8. The van der Waals surface area contributed by atoms with Gasteiger partial charge in [0.2, 0.25) is 0 Å². The number of methoxy groups -OCH3 is 1. The Morgan fingerprint density at radius 2 is 1.57 bits per heavy atom. The number of anilines is 2. The van der Waals surface area contributed by atoms with Gasteiger partial charge in [-0.05, 0) is 42.5 Å². The van der Waals surface area contributed by atoms with Gasteiger partial charge in [0.1, 0.15) is 23.9 Å². The lowest BCUT2D eigenvalue weighted by atomic mass is 10.1. The summed E-state index contributed by atoms with van der Waals surface area (Å²) in [5.74, 6) is -1.68. The Morgan fingerprint density at radius 1 is 0.933 bits per heavy atom. The SMILES string of the molecule is COC(=O)c1ccc(N2C(=O)c3ccc(NC(C#N)=C(C#N)C#N)cc3C2=O)cc1. The van der Waals surface area contributed by atoms with Crippen LogP contribution in [0, 0.1) is 34.0 Å². The number of amides is 2. The zero-order valence-corrected chi connectivity index (χ0v) is 15.5. The van der Waals surface area contributed by atoms with E-state index in [0.717, 1.165) is 4.90 Å². The van der Waals surface area contributed by atoms with Crippen LogP contribution in [0.1, 0.15) is 31.1 Å². The number of esters is 1. The van der Waals surface area contributed by atoms with Gasteiger partial charge < -0.3 is 10.1 Å². The maximum atomic E-state index is 12.8. The molecule has 1 heterocycles. The molecule has 0 aliphatic carbocycles. The van der Waals surface area contributed by atoms with Gasteiger partial charge >= 0.3 is 5.97 Å². The van der Waals surface area contributed by atoms with Crippen LogP contribution in [0.15, 0.2) is 53.7 Å². The van der Waals surface area contributed by atoms with Gasteiger partial charge in [-0.1, -0.05) is 0 Å². The highest BCUT2D eigenvalue weighted by Crippen LogP contribution is 2.31. The van der Waals surface area contributed by atoms with E-state index in [1.165, 1.54) is 49.6 Å². The molecule has 1 N–H and O–H groups in total. The molecule has 2 amide bonds. The Bertz CT molecular complexity index is 1220. The molecular weight excluding hydrogens is 386 g/mol. The molecule has 0 fully saturated rings. The van der Waals surface area contributed by atoms with Crippen LogP contribution in [0.5, 0.6) is 0 Å². The van der Waals surface area contributed by atoms with Crippen molar-refractivity contribution in [2.24, 2.45) is 0 Å². The Morgan fingerprint density at radius 3 is 2.13 bits per heavy atom. The second-order valence-electron chi connectivity index (χ2n) is 5.95. The minimum absolute atomic E-state index is 0.0924. The standard InChI is InChI=1S/C21H11N5O4/c1-30-21(29)12-2-5-15(6-3-12)26-19(27)16-7-4-14(8-17(16)20(26)28)25-18(11-24)13(9-22)10-23/h2-8,25H,1H3. The molecule has 0 spiro atoms. The van der Waals surface area contributed by atoms with Crippen molar-refractivity contribution in [3.05, 3.63) is 70.4 Å². The molecule has 2 aromatic rings. The minimum atomic E-state index is -0.590. The van der Waals surface area contributed by atoms with Gasteiger partial charge in [0.05, 0.1) is 29.5 Å². The van der Waals surface area contributed by atoms with Crippen molar-refractivity contribution in [3.63, 3.8) is 0 Å². The number of benzene rings is 2. The summed E-state index contributed by atoms with van der Waals surface area (Å²) in [6, 6.07) is 14.9. The third-order valence-corrected chi connectivity index (χ3v) is 4.29. The van der Waals surface area contributed by atoms with E-state index in [4.69, 9.17) is 15.8 Å². The highest BCUT2D eigenvalue weighted by Gasteiger charge is 2.37. The molecule has 144 valence electrons. The average Bonchev–Trinajstić information content (AvgIpc) is 3.03. The van der Waals surface area contributed by atoms with E-state index >= 15 is 0 Å². The summed E-state index contributed by atoms with van der Waals surface area (Å²) in [7, 11) is 1.25. The van der Waals surface area contributed by atoms with Crippen molar-refractivity contribution >= 4 is 29.2 Å². The monoisotopic (exact) mass is 397 g/mol. The maximum absolute atomic E-state index is 12.8. The van der Waals surface area contributed by atoms with Crippen molar-refractivity contribution in [3.8, 4) is 18.2 Å². The quantitative estimate of drug-likeness (QED) is 0.470. The molecule has 3 rings (SSSR count). The van der Waals surface area contributed by atoms with Gasteiger partial charge in [0, 0.05) is 5.69 Å². The Balaban J connectivity index is 1.94. The van der Waals surface area contributed by atoms with E-state index in [2.05, 4.69) is 10.1 Å². The van der Waals surface area contributed by atoms with Crippen LogP contribution in [0.4, 0.5) is 11.4 Å². The van der Waals surface area contributed by atoms with Crippen LogP contribution in [0.3, 0.4) is 0 Å². The first-order valence-electron chi connectivity index (χ1n) is 8.38. The second kappa shape index (κ2) is 7.97. The van der Waals surface area contributed by atoms with Crippen molar-refractivity contribution in [1.29, 1.82) is 15.8 Å². The van der Waals surface area contributed by atoms with Gasteiger partial charge in [-0.25, -0.2) is 9.69 Å². The fourth-order valence-electron chi connectivity index (χ4n) is 2.85. The van der Waals surface area contributed by atoms with Crippen LogP contribution in [-0.4, -0.2) is 24.9 Å². The fraction of sp³-hybridized carbons (Fsp3) is 0.0476. The van der Waals surface area contributed by atoms with Crippen LogP contribution in [0.2, 0.25) is 0 Å². The summed E-state index contributed by atoms with van der Waals surface area (Å²) < 4.78 is 4.62. The van der Waals surface area contributed by atoms with Crippen molar-refractivity contribution in [2.75, 3.05) is 17.3 Å². The number of hydrogen-bond acceptors (Lipinski definition) is 8. The smallest absolute Gasteiger partial charge is 0.337 e. The lowest BCUT2D eigenvalue weighted by Gasteiger charge is -2.14. The third kappa shape index (κ3) is 3.33. The van der Waals surface area contributed by atoms with Gasteiger partial charge in [0.15, 0.2) is 5.57 Å². The Hall–Kier alpha value is -4.94. The first kappa shape index (κ1) is 19.8. The van der Waals surface area contributed by atoms with Crippen molar-refractivity contribution < 1.29 is 19.1 Å². The number of nitriles is 3. The normalized spacial score (nSPS) is 11.6. The summed E-state index contributed by atoms with van der Waals surface area (Å²) in [4.78, 5) is 38.1. The van der Waals surface area contributed by atoms with Gasteiger partial charge in [-0.15, -0.1) is 0 Å². The largest absolute Gasteiger partial charge is 0.465 e. The van der Waals surface area contributed by atoms with E-state index in [-0.39, 0.29) is 33.8 Å². The number of nitrogens with one attached hydrogen (secondary N) is 1. The van der Waals surface area contributed by atoms with E-state index in [1.807, 2.05) is 0 Å². The molecule has 9 heteroatoms. The Kier molecular flexibility index (Phi) is 5.26. The Labute approximate surface area is 170 Å². The number of ether oxygens (including phenoxy) is 1. The van der Waals surface area contributed by atoms with E-state index in [0.29, 0.717) is 0 Å². The summed E-state index contributed by atoms with van der Waals surface area (Å²) in [6.07, 6.45) is 0. The highest BCUT2D eigenvalue weighted by atomic mass is 16.5. The fourth-order valence-corrected chi connectivity index (χ4v) is 2.85. The molecule has 9 nitrogen and oxygen atoms in total. The second-order valence-corrected chi connectivity index (χ2v) is 5.95. The topological polar surface area (TPSA) is 147 Å². The first-order chi connectivity index (χ1) is 14.4. The molecule has 0 atom stereocenters. The van der Waals surface area contributed by atoms with Crippen LogP contribution in [0.25, 0.3) is 0 Å². The number of carbonyl (C=O) groups is 3. The first-order valence-corrected chi connectivity index (χ1v) is 8.38. The molecule has 0 unspecified atom stereocenters. The molecule has 0 saturated heterocycles. The number of allylic oxidation sites excluding steroid dienone is 2. The minimum Gasteiger partial charge on any atom is -0.465 e. The number of rotatable bonds is 4. The predicted molar refractivity (Wildman–Crippen MR) is 103 cm³/mol. The molecule has 2 aromatic carbocycles. The van der Waals surface area contributed by atoms with Crippen molar-refractivity contribution in [1.82, 2.24) is 0 Å². The van der Waals surface area contributed by atoms with Crippen LogP contribution < -0.4 is 10.2 Å². The van der Waals surface area contributed by atoms with E-state index in [9.17, 15) is 14.4 Å². The third-order valence-electron chi connectivity index (χ3n) is 4.29. The summed E-state index contributed by atoms with van der Waals surface area (Å²) in [5, 5.41) is 29.6. The molecule has 1 aliphatic rings. The molecule has 0 saturated carbocycles. The highest BCUT2D eigenvalue weighted by molar-refractivity contribution is 6.34. The van der Waals surface area contributed by atoms with Gasteiger partial charge in [0.25, 0.3) is 11.8 Å². The van der Waals surface area contributed by atoms with Crippen LogP contribution in [-0.2, 0) is 4.74 Å². The number of hydrogen-bond donors (Lipinski definition) is 1. The van der Waals surface area contributed by atoms with Gasteiger partial charge in [-0.2, -0.15) is 15.8 Å². The number of carbonyl (C=O) groups excluding carboxylic acids is 3. The lowest BCUT2D eigenvalue weighted by Crippen LogP contribution is -2.29. The van der Waals surface area contributed by atoms with E-state index in [1.54, 1.807) is 18.2 Å². The molecule has 0 bridgehead atoms. The molecule has 30 heavy (non-hydrogen) atoms. The number of nitrogens with zero attached hydrogens (tertiary/aromatic N) is 4. The summed E-state index contributed by atoms with van der Waals surface area (Å²) in [6.45, 7) is 0. The molecule has 0 aromatic heterocycles. The summed E-state index contributed by atoms with van der Waals surface area (Å²) in [5.41, 5.74) is 0.376. The summed E-state index contributed by atoms with van der Waals surface area (Å²) >= 11 is 0. The van der Waals surface area contributed by atoms with Crippen molar-refractivity contribution in [2.45, 2.75) is 0 Å². The van der Waals surface area contributed by atoms with Crippen LogP contribution >= 0.6 is 0 Å².